The van der Waals surface area contributed by atoms with Crippen LogP contribution in [0.5, 0.6) is 0 Å². The summed E-state index contributed by atoms with van der Waals surface area (Å²) in [6.07, 6.45) is 2.00. The summed E-state index contributed by atoms with van der Waals surface area (Å²) in [6, 6.07) is 25.9. The maximum Gasteiger partial charge on any atom is 0.269 e. The molecular weight excluding hydrogens is 542 g/mol. The summed E-state index contributed by atoms with van der Waals surface area (Å²) < 4.78 is 0. The molecule has 3 aliphatic rings. The van der Waals surface area contributed by atoms with Crippen molar-refractivity contribution in [3.63, 3.8) is 0 Å². The lowest BCUT2D eigenvalue weighted by molar-refractivity contribution is -0.384. The number of ketones is 2. The van der Waals surface area contributed by atoms with Gasteiger partial charge in [-0.15, -0.1) is 0 Å². The Hall–Kier alpha value is -5.37. The minimum atomic E-state index is -1.42. The van der Waals surface area contributed by atoms with Crippen LogP contribution in [-0.2, 0) is 10.2 Å². The van der Waals surface area contributed by atoms with Gasteiger partial charge in [0.2, 0.25) is 5.91 Å². The smallest absolute Gasteiger partial charge is 0.269 e. The molecule has 1 N–H and O–H groups in total. The minimum Gasteiger partial charge on any atom is -0.352 e. The van der Waals surface area contributed by atoms with Crippen LogP contribution in [0, 0.1) is 23.0 Å². The summed E-state index contributed by atoms with van der Waals surface area (Å²) in [5, 5.41) is 14.4. The molecule has 4 aromatic carbocycles. The number of nitrogens with one attached hydrogen (secondary N) is 1. The third kappa shape index (κ3) is 3.72. The number of amides is 1. The number of benzene rings is 4. The lowest BCUT2D eigenvalue weighted by Gasteiger charge is -2.39. The molecule has 1 saturated heterocycles. The van der Waals surface area contributed by atoms with Crippen molar-refractivity contribution >= 4 is 40.1 Å². The summed E-state index contributed by atoms with van der Waals surface area (Å²) in [5.74, 6) is -2.15. The number of nitro groups is 1. The molecule has 212 valence electrons. The van der Waals surface area contributed by atoms with Crippen LogP contribution in [0.4, 0.5) is 17.1 Å². The number of hydrogen-bond acceptors (Lipinski definition) is 6. The Morgan fingerprint density at radius 1 is 0.837 bits per heavy atom. The number of non-ortho nitro benzene ring substituents is 1. The van der Waals surface area contributed by atoms with Crippen molar-refractivity contribution < 1.29 is 19.3 Å². The molecule has 1 fully saturated rings. The number of fused-ring (bicyclic) bond motifs is 6. The first-order valence-corrected chi connectivity index (χ1v) is 14.1. The van der Waals surface area contributed by atoms with E-state index in [-0.39, 0.29) is 28.7 Å². The molecule has 0 radical (unpaired) electrons. The topological polar surface area (TPSA) is 110 Å². The van der Waals surface area contributed by atoms with Crippen LogP contribution in [0.25, 0.3) is 5.57 Å². The third-order valence-corrected chi connectivity index (χ3v) is 9.13. The molecule has 4 atom stereocenters. The Morgan fingerprint density at radius 2 is 1.47 bits per heavy atom. The number of allylic oxidation sites excluding steroid dienone is 1. The van der Waals surface area contributed by atoms with Gasteiger partial charge in [-0.1, -0.05) is 72.3 Å². The zero-order valence-electron chi connectivity index (χ0n) is 23.5. The third-order valence-electron chi connectivity index (χ3n) is 9.13. The van der Waals surface area contributed by atoms with E-state index in [1.807, 2.05) is 85.5 Å². The summed E-state index contributed by atoms with van der Waals surface area (Å²) >= 11 is 0. The van der Waals surface area contributed by atoms with Crippen molar-refractivity contribution in [2.45, 2.75) is 31.3 Å². The number of aryl methyl sites for hydroxylation is 1. The van der Waals surface area contributed by atoms with Crippen LogP contribution in [0.15, 0.2) is 103 Å². The quantitative estimate of drug-likeness (QED) is 0.175. The Kier molecular flexibility index (Phi) is 5.92. The molecule has 1 spiro atoms. The molecule has 3 heterocycles. The Bertz CT molecular complexity index is 1880. The molecule has 0 aromatic heterocycles. The van der Waals surface area contributed by atoms with Crippen molar-refractivity contribution in [1.29, 1.82) is 0 Å². The number of hydrogen-bond donors (Lipinski definition) is 1. The van der Waals surface area contributed by atoms with Crippen molar-refractivity contribution in [2.24, 2.45) is 5.92 Å². The summed E-state index contributed by atoms with van der Waals surface area (Å²) in [6.45, 7) is 3.91. The first-order chi connectivity index (χ1) is 20.7. The van der Waals surface area contributed by atoms with Gasteiger partial charge in [0.25, 0.3) is 5.69 Å². The second-order valence-electron chi connectivity index (χ2n) is 11.4. The van der Waals surface area contributed by atoms with Crippen molar-refractivity contribution in [3.05, 3.63) is 141 Å². The van der Waals surface area contributed by atoms with Crippen LogP contribution in [0.3, 0.4) is 0 Å². The molecule has 0 aliphatic carbocycles. The van der Waals surface area contributed by atoms with Gasteiger partial charge in [0.1, 0.15) is 11.5 Å². The van der Waals surface area contributed by atoms with E-state index in [0.717, 1.165) is 22.4 Å². The van der Waals surface area contributed by atoms with Gasteiger partial charge in [-0.25, -0.2) is 0 Å². The number of nitro benzene ring substituents is 1. The maximum atomic E-state index is 14.8. The molecule has 1 amide bonds. The van der Waals surface area contributed by atoms with Gasteiger partial charge in [-0.05, 0) is 49.2 Å². The number of nitrogens with zero attached hydrogens (tertiary/aromatic N) is 2. The Labute approximate surface area is 247 Å². The SMILES string of the molecule is CC1=C[C@@H]2N(c3ccccc31)[C@H](C(=O)c1ccc([N+](=O)[O-])cc1)[C@@H](C(=O)c1ccc(C)cc1)[C@]21C(=O)Nc2ccccc21. The molecular formula is C35H27N3O5. The van der Waals surface area contributed by atoms with E-state index in [2.05, 4.69) is 5.32 Å². The molecule has 8 nitrogen and oxygen atoms in total. The summed E-state index contributed by atoms with van der Waals surface area (Å²) in [5.41, 5.74) is 3.93. The van der Waals surface area contributed by atoms with E-state index in [4.69, 9.17) is 0 Å². The molecule has 43 heavy (non-hydrogen) atoms. The van der Waals surface area contributed by atoms with Gasteiger partial charge < -0.3 is 10.2 Å². The predicted octanol–water partition coefficient (Wildman–Crippen LogP) is 6.15. The number of rotatable bonds is 5. The second kappa shape index (κ2) is 9.59. The van der Waals surface area contributed by atoms with E-state index < -0.39 is 28.3 Å². The van der Waals surface area contributed by atoms with E-state index >= 15 is 0 Å². The highest BCUT2D eigenvalue weighted by atomic mass is 16.6. The standard InChI is InChI=1S/C35H27N3O5/c1-20-11-13-22(14-12-20)32(39)30-31(33(40)23-15-17-24(18-16-23)38(42)43)37-28-10-6-3-7-25(28)21(2)19-29(37)35(30)26-8-4-5-9-27(26)36-34(35)41/h3-19,29-31H,1-2H3,(H,36,41)/t29-,30-,31-,35+/m0/s1. The predicted molar refractivity (Wildman–Crippen MR) is 163 cm³/mol. The van der Waals surface area contributed by atoms with Gasteiger partial charge in [0.15, 0.2) is 11.6 Å². The zero-order valence-corrected chi connectivity index (χ0v) is 23.5. The van der Waals surface area contributed by atoms with E-state index in [9.17, 15) is 24.5 Å². The lowest BCUT2D eigenvalue weighted by Crippen LogP contribution is -2.51. The van der Waals surface area contributed by atoms with E-state index in [0.29, 0.717) is 16.8 Å². The van der Waals surface area contributed by atoms with Crippen LogP contribution >= 0.6 is 0 Å². The first-order valence-electron chi connectivity index (χ1n) is 14.1. The van der Waals surface area contributed by atoms with Crippen LogP contribution in [-0.4, -0.2) is 34.5 Å². The van der Waals surface area contributed by atoms with Gasteiger partial charge in [-0.3, -0.25) is 24.5 Å². The Balaban J connectivity index is 1.53. The number of Topliss-reactive ketones (excluding diaryl/α,β-unsaturated/α-hetero) is 2. The van der Waals surface area contributed by atoms with Gasteiger partial charge in [-0.2, -0.15) is 0 Å². The molecule has 8 heteroatoms. The van der Waals surface area contributed by atoms with Gasteiger partial charge in [0, 0.05) is 40.2 Å². The molecule has 3 aliphatic heterocycles. The van der Waals surface area contributed by atoms with Crippen molar-refractivity contribution in [3.8, 4) is 0 Å². The summed E-state index contributed by atoms with van der Waals surface area (Å²) in [7, 11) is 0. The van der Waals surface area contributed by atoms with Crippen LogP contribution < -0.4 is 10.2 Å². The number of anilines is 2. The van der Waals surface area contributed by atoms with Crippen molar-refractivity contribution in [1.82, 2.24) is 0 Å². The molecule has 0 bridgehead atoms. The number of carbonyl (C=O) groups excluding carboxylic acids is 3. The molecule has 4 aromatic rings. The highest BCUT2D eigenvalue weighted by Crippen LogP contribution is 2.58. The molecule has 7 rings (SSSR count). The van der Waals surface area contributed by atoms with E-state index in [1.54, 1.807) is 12.1 Å². The fourth-order valence-electron chi connectivity index (χ4n) is 7.20. The van der Waals surface area contributed by atoms with Crippen LogP contribution in [0.2, 0.25) is 0 Å². The average molecular weight is 570 g/mol. The minimum absolute atomic E-state index is 0.143. The normalized spacial score (nSPS) is 23.2. The fourth-order valence-corrected chi connectivity index (χ4v) is 7.20. The average Bonchev–Trinajstić information content (AvgIpc) is 3.49. The molecule has 0 unspecified atom stereocenters. The lowest BCUT2D eigenvalue weighted by atomic mass is 9.64. The fraction of sp³-hybridized carbons (Fsp3) is 0.171. The highest BCUT2D eigenvalue weighted by Gasteiger charge is 2.70. The first kappa shape index (κ1) is 26.5. The zero-order chi connectivity index (χ0) is 30.0. The van der Waals surface area contributed by atoms with E-state index in [1.165, 1.54) is 24.3 Å². The summed E-state index contributed by atoms with van der Waals surface area (Å²) in [4.78, 5) is 56.8. The second-order valence-corrected chi connectivity index (χ2v) is 11.4. The Morgan fingerprint density at radius 3 is 2.19 bits per heavy atom. The number of para-hydroxylation sites is 2. The maximum absolute atomic E-state index is 14.8. The monoisotopic (exact) mass is 569 g/mol. The van der Waals surface area contributed by atoms with Crippen LogP contribution in [0.1, 0.15) is 44.3 Å². The van der Waals surface area contributed by atoms with Crippen molar-refractivity contribution in [2.75, 3.05) is 10.2 Å². The largest absolute Gasteiger partial charge is 0.352 e. The van der Waals surface area contributed by atoms with Gasteiger partial charge >= 0.3 is 0 Å². The number of carbonyl (C=O) groups is 3. The van der Waals surface area contributed by atoms with Gasteiger partial charge in [0.05, 0.1) is 16.9 Å². The molecule has 0 saturated carbocycles. The highest BCUT2D eigenvalue weighted by molar-refractivity contribution is 6.18.